The van der Waals surface area contributed by atoms with Crippen LogP contribution in [0.25, 0.3) is 6.08 Å². The molecule has 0 heterocycles. The van der Waals surface area contributed by atoms with E-state index in [0.29, 0.717) is 5.92 Å². The van der Waals surface area contributed by atoms with Crippen molar-refractivity contribution in [1.82, 2.24) is 0 Å². The van der Waals surface area contributed by atoms with Crippen LogP contribution in [-0.2, 0) is 4.79 Å². The topological polar surface area (TPSA) is 37.3 Å². The lowest BCUT2D eigenvalue weighted by Gasteiger charge is -2.05. The van der Waals surface area contributed by atoms with Gasteiger partial charge in [-0.05, 0) is 17.0 Å². The van der Waals surface area contributed by atoms with E-state index in [4.69, 9.17) is 5.11 Å². The van der Waals surface area contributed by atoms with Crippen LogP contribution in [0, 0.1) is 0 Å². The van der Waals surface area contributed by atoms with Crippen molar-refractivity contribution in [3.8, 4) is 0 Å². The van der Waals surface area contributed by atoms with Gasteiger partial charge < -0.3 is 5.11 Å². The normalized spacial score (nSPS) is 11.1. The fourth-order valence-corrected chi connectivity index (χ4v) is 1.32. The minimum absolute atomic E-state index is 0.0753. The van der Waals surface area contributed by atoms with Crippen LogP contribution >= 0.6 is 0 Å². The lowest BCUT2D eigenvalue weighted by atomic mass is 10.0. The van der Waals surface area contributed by atoms with Gasteiger partial charge in [0, 0.05) is 0 Å². The quantitative estimate of drug-likeness (QED) is 0.817. The summed E-state index contributed by atoms with van der Waals surface area (Å²) in [6, 6.07) is 8.14. The summed E-state index contributed by atoms with van der Waals surface area (Å²) >= 11 is 0. The molecule has 0 amide bonds. The van der Waals surface area contributed by atoms with Gasteiger partial charge in [0.15, 0.2) is 0 Å². The summed E-state index contributed by atoms with van der Waals surface area (Å²) < 4.78 is 0. The van der Waals surface area contributed by atoms with Crippen LogP contribution in [0.4, 0.5) is 0 Å². The molecule has 0 atom stereocenters. The van der Waals surface area contributed by atoms with Crippen LogP contribution in [0.15, 0.2) is 30.3 Å². The highest BCUT2D eigenvalue weighted by atomic mass is 16.4. The summed E-state index contributed by atoms with van der Waals surface area (Å²) in [5.74, 6) is -0.302. The first-order valence-electron chi connectivity index (χ1n) is 5.08. The molecule has 0 bridgehead atoms. The Morgan fingerprint density at radius 1 is 1.47 bits per heavy atom. The third-order valence-electron chi connectivity index (χ3n) is 2.18. The summed E-state index contributed by atoms with van der Waals surface area (Å²) in [7, 11) is 0. The van der Waals surface area contributed by atoms with Crippen molar-refractivity contribution in [1.29, 1.82) is 0 Å². The second-order valence-electron chi connectivity index (χ2n) is 3.83. The van der Waals surface area contributed by atoms with E-state index in [0.717, 1.165) is 5.56 Å². The molecule has 15 heavy (non-hydrogen) atoms. The number of aliphatic carboxylic acids is 1. The Balaban J connectivity index is 2.73. The maximum absolute atomic E-state index is 10.3. The van der Waals surface area contributed by atoms with Crippen LogP contribution in [0.2, 0.25) is 0 Å². The Morgan fingerprint density at radius 3 is 2.80 bits per heavy atom. The number of benzene rings is 1. The zero-order valence-electron chi connectivity index (χ0n) is 9.10. The molecular formula is C13H16O2. The molecule has 1 N–H and O–H groups in total. The average molecular weight is 204 g/mol. The van der Waals surface area contributed by atoms with Crippen molar-refractivity contribution in [2.45, 2.75) is 26.2 Å². The van der Waals surface area contributed by atoms with Gasteiger partial charge in [-0.1, -0.05) is 50.3 Å². The van der Waals surface area contributed by atoms with Crippen LogP contribution in [0.3, 0.4) is 0 Å². The van der Waals surface area contributed by atoms with E-state index in [1.165, 1.54) is 5.56 Å². The van der Waals surface area contributed by atoms with Crippen LogP contribution in [-0.4, -0.2) is 11.1 Å². The van der Waals surface area contributed by atoms with Gasteiger partial charge in [-0.25, -0.2) is 0 Å². The van der Waals surface area contributed by atoms with Gasteiger partial charge in [-0.3, -0.25) is 4.79 Å². The van der Waals surface area contributed by atoms with Crippen molar-refractivity contribution in [2.75, 3.05) is 0 Å². The van der Waals surface area contributed by atoms with E-state index in [1.54, 1.807) is 6.08 Å². The molecule has 0 aliphatic carbocycles. The second kappa shape index (κ2) is 5.35. The summed E-state index contributed by atoms with van der Waals surface area (Å²) in [6.45, 7) is 4.28. The maximum atomic E-state index is 10.3. The van der Waals surface area contributed by atoms with E-state index in [9.17, 15) is 4.79 Å². The van der Waals surface area contributed by atoms with Gasteiger partial charge in [0.05, 0.1) is 6.42 Å². The Bertz CT molecular complexity index is 365. The van der Waals surface area contributed by atoms with E-state index in [1.807, 2.05) is 18.2 Å². The third-order valence-corrected chi connectivity index (χ3v) is 2.18. The highest BCUT2D eigenvalue weighted by molar-refractivity contribution is 5.70. The largest absolute Gasteiger partial charge is 0.481 e. The molecule has 80 valence electrons. The van der Waals surface area contributed by atoms with Gasteiger partial charge in [-0.2, -0.15) is 0 Å². The van der Waals surface area contributed by atoms with E-state index in [-0.39, 0.29) is 6.42 Å². The minimum Gasteiger partial charge on any atom is -0.481 e. The Kier molecular flexibility index (Phi) is 4.10. The number of carboxylic acid groups (broad SMARTS) is 1. The van der Waals surface area contributed by atoms with Crippen molar-refractivity contribution < 1.29 is 9.90 Å². The van der Waals surface area contributed by atoms with Crippen LogP contribution in [0.1, 0.15) is 37.3 Å². The SMILES string of the molecule is CC(C)c1cccc(C=CCC(=O)O)c1. The van der Waals surface area contributed by atoms with E-state index in [2.05, 4.69) is 26.0 Å². The van der Waals surface area contributed by atoms with Crippen molar-refractivity contribution in [3.05, 3.63) is 41.5 Å². The molecule has 1 aromatic rings. The molecule has 0 spiro atoms. The van der Waals surface area contributed by atoms with Gasteiger partial charge in [0.1, 0.15) is 0 Å². The molecule has 0 aliphatic rings. The Morgan fingerprint density at radius 2 is 2.20 bits per heavy atom. The first kappa shape index (κ1) is 11.5. The summed E-state index contributed by atoms with van der Waals surface area (Å²) in [5.41, 5.74) is 2.33. The highest BCUT2D eigenvalue weighted by Crippen LogP contribution is 2.16. The molecule has 2 heteroatoms. The van der Waals surface area contributed by atoms with Crippen molar-refractivity contribution in [2.24, 2.45) is 0 Å². The molecule has 0 fully saturated rings. The molecular weight excluding hydrogens is 188 g/mol. The summed E-state index contributed by atoms with van der Waals surface area (Å²) in [4.78, 5) is 10.3. The first-order chi connectivity index (χ1) is 7.09. The zero-order valence-corrected chi connectivity index (χ0v) is 9.10. The van der Waals surface area contributed by atoms with Crippen LogP contribution < -0.4 is 0 Å². The number of hydrogen-bond acceptors (Lipinski definition) is 1. The second-order valence-corrected chi connectivity index (χ2v) is 3.83. The van der Waals surface area contributed by atoms with Crippen LogP contribution in [0.5, 0.6) is 0 Å². The average Bonchev–Trinajstić information content (AvgIpc) is 2.17. The predicted molar refractivity (Wildman–Crippen MR) is 61.8 cm³/mol. The third kappa shape index (κ3) is 3.98. The van der Waals surface area contributed by atoms with Gasteiger partial charge in [0.25, 0.3) is 0 Å². The predicted octanol–water partition coefficient (Wildman–Crippen LogP) is 3.30. The fourth-order valence-electron chi connectivity index (χ4n) is 1.32. The standard InChI is InChI=1S/C13H16O2/c1-10(2)12-7-3-5-11(9-12)6-4-8-13(14)15/h3-7,9-10H,8H2,1-2H3,(H,14,15). The van der Waals surface area contributed by atoms with E-state index < -0.39 is 5.97 Å². The molecule has 2 nitrogen and oxygen atoms in total. The monoisotopic (exact) mass is 204 g/mol. The zero-order chi connectivity index (χ0) is 11.3. The molecule has 0 aromatic heterocycles. The van der Waals surface area contributed by atoms with Gasteiger partial charge in [0.2, 0.25) is 0 Å². The fraction of sp³-hybridized carbons (Fsp3) is 0.308. The van der Waals surface area contributed by atoms with Crippen molar-refractivity contribution >= 4 is 12.0 Å². The maximum Gasteiger partial charge on any atom is 0.307 e. The van der Waals surface area contributed by atoms with Crippen molar-refractivity contribution in [3.63, 3.8) is 0 Å². The summed E-state index contributed by atoms with van der Waals surface area (Å²) in [6.07, 6.45) is 3.59. The lowest BCUT2D eigenvalue weighted by Crippen LogP contribution is -1.90. The van der Waals surface area contributed by atoms with Gasteiger partial charge >= 0.3 is 5.97 Å². The highest BCUT2D eigenvalue weighted by Gasteiger charge is 1.98. The van der Waals surface area contributed by atoms with E-state index >= 15 is 0 Å². The molecule has 1 aromatic carbocycles. The first-order valence-corrected chi connectivity index (χ1v) is 5.08. The Labute approximate surface area is 90.3 Å². The van der Waals surface area contributed by atoms with Gasteiger partial charge in [-0.15, -0.1) is 0 Å². The molecule has 0 aliphatic heterocycles. The minimum atomic E-state index is -0.800. The lowest BCUT2D eigenvalue weighted by molar-refractivity contribution is -0.135. The Hall–Kier alpha value is -1.57. The summed E-state index contributed by atoms with van der Waals surface area (Å²) in [5, 5.41) is 8.48. The smallest absolute Gasteiger partial charge is 0.307 e. The number of rotatable bonds is 4. The molecule has 0 unspecified atom stereocenters. The molecule has 0 saturated carbocycles. The number of carboxylic acids is 1. The molecule has 0 saturated heterocycles. The number of hydrogen-bond donors (Lipinski definition) is 1. The molecule has 1 rings (SSSR count). The molecule has 0 radical (unpaired) electrons. The number of carbonyl (C=O) groups is 1.